The Labute approximate surface area is 90.6 Å². The van der Waals surface area contributed by atoms with E-state index in [4.69, 9.17) is 4.74 Å². The maximum atomic E-state index is 5.31. The van der Waals surface area contributed by atoms with Crippen LogP contribution in [0.2, 0.25) is 0 Å². The monoisotopic (exact) mass is 203 g/mol. The largest absolute Gasteiger partial charge is 0.497 e. The van der Waals surface area contributed by atoms with Gasteiger partial charge in [-0.25, -0.2) is 0 Å². The lowest BCUT2D eigenvalue weighted by Crippen LogP contribution is -2.28. The van der Waals surface area contributed by atoms with Gasteiger partial charge in [0.15, 0.2) is 0 Å². The Hall–Kier alpha value is -1.02. The molecular weight excluding hydrogens is 186 g/mol. The van der Waals surface area contributed by atoms with Crippen molar-refractivity contribution < 1.29 is 4.74 Å². The van der Waals surface area contributed by atoms with Crippen LogP contribution in [0.4, 0.5) is 0 Å². The van der Waals surface area contributed by atoms with E-state index in [1.807, 2.05) is 0 Å². The second-order valence-electron chi connectivity index (χ2n) is 5.07. The zero-order valence-electron chi connectivity index (χ0n) is 9.34. The van der Waals surface area contributed by atoms with Crippen LogP contribution in [0.25, 0.3) is 0 Å². The van der Waals surface area contributed by atoms with Crippen molar-refractivity contribution in [1.82, 2.24) is 5.32 Å². The van der Waals surface area contributed by atoms with Gasteiger partial charge in [-0.05, 0) is 36.1 Å². The van der Waals surface area contributed by atoms with E-state index >= 15 is 0 Å². The molecule has 0 spiro atoms. The van der Waals surface area contributed by atoms with Crippen LogP contribution in [-0.2, 0) is 11.8 Å². The van der Waals surface area contributed by atoms with E-state index in [1.165, 1.54) is 24.0 Å². The summed E-state index contributed by atoms with van der Waals surface area (Å²) in [6, 6.07) is 7.22. The van der Waals surface area contributed by atoms with E-state index in [-0.39, 0.29) is 0 Å². The maximum Gasteiger partial charge on any atom is 0.119 e. The Kier molecular flexibility index (Phi) is 1.84. The van der Waals surface area contributed by atoms with Crippen LogP contribution in [0.1, 0.15) is 24.5 Å². The molecule has 1 aromatic carbocycles. The molecule has 0 saturated carbocycles. The lowest BCUT2D eigenvalue weighted by atomic mass is 9.73. The molecule has 15 heavy (non-hydrogen) atoms. The molecule has 80 valence electrons. The highest BCUT2D eigenvalue weighted by Crippen LogP contribution is 2.42. The normalized spacial score (nSPS) is 32.5. The summed E-state index contributed by atoms with van der Waals surface area (Å²) >= 11 is 0. The van der Waals surface area contributed by atoms with Crippen molar-refractivity contribution in [2.45, 2.75) is 31.2 Å². The lowest BCUT2D eigenvalue weighted by molar-refractivity contribution is 0.408. The molecule has 1 N–H and O–H groups in total. The minimum atomic E-state index is 0.326. The molecule has 1 fully saturated rings. The first-order chi connectivity index (χ1) is 7.21. The highest BCUT2D eigenvalue weighted by molar-refractivity contribution is 5.44. The Balaban J connectivity index is 2.13. The SMILES string of the molecule is COc1ccc2c(c1)[C@]1(C)CN[C@H](C2)C1. The summed E-state index contributed by atoms with van der Waals surface area (Å²) in [6.07, 6.45) is 2.45. The number of methoxy groups -OCH3 is 1. The number of benzene rings is 1. The molecular formula is C13H17NO. The molecule has 1 saturated heterocycles. The summed E-state index contributed by atoms with van der Waals surface area (Å²) in [4.78, 5) is 0. The summed E-state index contributed by atoms with van der Waals surface area (Å²) < 4.78 is 5.31. The van der Waals surface area contributed by atoms with Crippen molar-refractivity contribution in [2.75, 3.05) is 13.7 Å². The molecule has 0 unspecified atom stereocenters. The Bertz CT molecular complexity index is 402. The fourth-order valence-corrected chi connectivity index (χ4v) is 3.10. The van der Waals surface area contributed by atoms with Crippen LogP contribution in [0.3, 0.4) is 0 Å². The van der Waals surface area contributed by atoms with Gasteiger partial charge in [-0.2, -0.15) is 0 Å². The van der Waals surface area contributed by atoms with Crippen molar-refractivity contribution in [3.63, 3.8) is 0 Å². The molecule has 2 nitrogen and oxygen atoms in total. The molecule has 0 amide bonds. The van der Waals surface area contributed by atoms with Gasteiger partial charge in [0.05, 0.1) is 7.11 Å². The van der Waals surface area contributed by atoms with Crippen molar-refractivity contribution >= 4 is 0 Å². The van der Waals surface area contributed by atoms with Crippen LogP contribution < -0.4 is 10.1 Å². The van der Waals surface area contributed by atoms with Gasteiger partial charge in [-0.1, -0.05) is 13.0 Å². The van der Waals surface area contributed by atoms with E-state index in [0.717, 1.165) is 12.3 Å². The highest BCUT2D eigenvalue weighted by Gasteiger charge is 2.41. The third-order valence-corrected chi connectivity index (χ3v) is 3.91. The molecule has 2 heteroatoms. The van der Waals surface area contributed by atoms with Gasteiger partial charge in [0.25, 0.3) is 0 Å². The molecule has 2 atom stereocenters. The Morgan fingerprint density at radius 2 is 2.33 bits per heavy atom. The average molecular weight is 203 g/mol. The fourth-order valence-electron chi connectivity index (χ4n) is 3.10. The summed E-state index contributed by atoms with van der Waals surface area (Å²) in [5.74, 6) is 0.986. The van der Waals surface area contributed by atoms with Crippen molar-refractivity contribution in [2.24, 2.45) is 0 Å². The number of rotatable bonds is 1. The molecule has 1 aliphatic carbocycles. The Morgan fingerprint density at radius 1 is 1.47 bits per heavy atom. The van der Waals surface area contributed by atoms with Crippen LogP contribution in [0.5, 0.6) is 5.75 Å². The second kappa shape index (κ2) is 2.99. The molecule has 3 rings (SSSR count). The minimum absolute atomic E-state index is 0.326. The van der Waals surface area contributed by atoms with Gasteiger partial charge in [-0.3, -0.25) is 0 Å². The zero-order chi connectivity index (χ0) is 10.5. The number of hydrogen-bond acceptors (Lipinski definition) is 2. The van der Waals surface area contributed by atoms with Gasteiger partial charge >= 0.3 is 0 Å². The smallest absolute Gasteiger partial charge is 0.119 e. The molecule has 0 aromatic heterocycles. The van der Waals surface area contributed by atoms with E-state index in [9.17, 15) is 0 Å². The lowest BCUT2D eigenvalue weighted by Gasteiger charge is -2.31. The van der Waals surface area contributed by atoms with Crippen molar-refractivity contribution in [1.29, 1.82) is 0 Å². The molecule has 1 heterocycles. The first-order valence-corrected chi connectivity index (χ1v) is 5.62. The number of nitrogens with one attached hydrogen (secondary N) is 1. The molecule has 0 radical (unpaired) electrons. The summed E-state index contributed by atoms with van der Waals surface area (Å²) in [7, 11) is 1.74. The first kappa shape index (κ1) is 9.22. The van der Waals surface area contributed by atoms with Crippen LogP contribution in [0, 0.1) is 0 Å². The average Bonchev–Trinajstić information content (AvgIpc) is 2.56. The van der Waals surface area contributed by atoms with Gasteiger partial charge in [0.1, 0.15) is 5.75 Å². The van der Waals surface area contributed by atoms with Crippen molar-refractivity contribution in [3.05, 3.63) is 29.3 Å². The predicted octanol–water partition coefficient (Wildman–Crippen LogP) is 1.87. The molecule has 1 aromatic rings. The van der Waals surface area contributed by atoms with Gasteiger partial charge < -0.3 is 10.1 Å². The zero-order valence-corrected chi connectivity index (χ0v) is 9.34. The molecule has 2 bridgehead atoms. The van der Waals surface area contributed by atoms with E-state index in [1.54, 1.807) is 7.11 Å². The van der Waals surface area contributed by atoms with Gasteiger partial charge in [0, 0.05) is 18.0 Å². The topological polar surface area (TPSA) is 21.3 Å². The summed E-state index contributed by atoms with van der Waals surface area (Å²) in [6.45, 7) is 3.47. The number of hydrogen-bond donors (Lipinski definition) is 1. The third kappa shape index (κ3) is 1.28. The first-order valence-electron chi connectivity index (χ1n) is 5.62. The summed E-state index contributed by atoms with van der Waals surface area (Å²) in [5.41, 5.74) is 3.31. The third-order valence-electron chi connectivity index (χ3n) is 3.91. The van der Waals surface area contributed by atoms with Crippen molar-refractivity contribution in [3.8, 4) is 5.75 Å². The van der Waals surface area contributed by atoms with Crippen LogP contribution in [-0.4, -0.2) is 19.7 Å². The summed E-state index contributed by atoms with van der Waals surface area (Å²) in [5, 5.41) is 3.60. The van der Waals surface area contributed by atoms with E-state index in [2.05, 4.69) is 30.4 Å². The Morgan fingerprint density at radius 3 is 3.13 bits per heavy atom. The number of fused-ring (bicyclic) bond motifs is 4. The van der Waals surface area contributed by atoms with E-state index < -0.39 is 0 Å². The minimum Gasteiger partial charge on any atom is -0.497 e. The van der Waals surface area contributed by atoms with Crippen LogP contribution in [0.15, 0.2) is 18.2 Å². The van der Waals surface area contributed by atoms with Gasteiger partial charge in [-0.15, -0.1) is 0 Å². The second-order valence-corrected chi connectivity index (χ2v) is 5.07. The quantitative estimate of drug-likeness (QED) is 0.752. The van der Waals surface area contributed by atoms with Crippen LogP contribution >= 0.6 is 0 Å². The standard InChI is InChI=1S/C13H17NO/c1-13-7-10(14-8-13)5-9-3-4-11(15-2)6-12(9)13/h3-4,6,10,14H,5,7-8H2,1-2H3/t10-,13+/m1/s1. The number of ether oxygens (including phenoxy) is 1. The van der Waals surface area contributed by atoms with E-state index in [0.29, 0.717) is 11.5 Å². The maximum absolute atomic E-state index is 5.31. The fraction of sp³-hybridized carbons (Fsp3) is 0.538. The highest BCUT2D eigenvalue weighted by atomic mass is 16.5. The predicted molar refractivity (Wildman–Crippen MR) is 60.5 cm³/mol. The molecule has 2 aliphatic rings. The van der Waals surface area contributed by atoms with Gasteiger partial charge in [0.2, 0.25) is 0 Å². The molecule has 1 aliphatic heterocycles.